The zero-order valence-corrected chi connectivity index (χ0v) is 10.8. The summed E-state index contributed by atoms with van der Waals surface area (Å²) in [6.07, 6.45) is 9.08. The van der Waals surface area contributed by atoms with Crippen LogP contribution in [0, 0.1) is 0 Å². The Balaban J connectivity index is 1.80. The predicted molar refractivity (Wildman–Crippen MR) is 72.0 cm³/mol. The second-order valence-electron chi connectivity index (χ2n) is 4.66. The van der Waals surface area contributed by atoms with Crippen molar-refractivity contribution in [3.8, 4) is 0 Å². The normalized spacial score (nSPS) is 19.5. The van der Waals surface area contributed by atoms with Crippen LogP contribution in [0.2, 0.25) is 0 Å². The summed E-state index contributed by atoms with van der Waals surface area (Å²) in [6, 6.07) is 2.37. The van der Waals surface area contributed by atoms with Crippen LogP contribution >= 0.6 is 0 Å². The minimum atomic E-state index is 0.394. The highest BCUT2D eigenvalue weighted by Gasteiger charge is 2.23. The van der Waals surface area contributed by atoms with Crippen LogP contribution < -0.4 is 5.32 Å². The lowest BCUT2D eigenvalue weighted by atomic mass is 10.1. The molecule has 2 aromatic heterocycles. The molecule has 6 nitrogen and oxygen atoms in total. The summed E-state index contributed by atoms with van der Waals surface area (Å²) >= 11 is 0. The Morgan fingerprint density at radius 2 is 2.21 bits per heavy atom. The fraction of sp³-hybridized carbons (Fsp3) is 0.385. The van der Waals surface area contributed by atoms with Gasteiger partial charge in [-0.1, -0.05) is 0 Å². The highest BCUT2D eigenvalue weighted by atomic mass is 15.2. The Bertz CT molecular complexity index is 544. The fourth-order valence-corrected chi connectivity index (χ4v) is 2.38. The van der Waals surface area contributed by atoms with Gasteiger partial charge in [0.15, 0.2) is 5.82 Å². The van der Waals surface area contributed by atoms with Crippen LogP contribution in [0.4, 0.5) is 11.8 Å². The van der Waals surface area contributed by atoms with Crippen molar-refractivity contribution in [3.05, 3.63) is 36.5 Å². The van der Waals surface area contributed by atoms with Gasteiger partial charge in [0.2, 0.25) is 5.95 Å². The van der Waals surface area contributed by atoms with E-state index in [0.29, 0.717) is 17.8 Å². The third-order valence-electron chi connectivity index (χ3n) is 3.34. The predicted octanol–water partition coefficient (Wildman–Crippen LogP) is 1.78. The number of hydrogen-bond acceptors (Lipinski definition) is 6. The largest absolute Gasteiger partial charge is 0.307 e. The summed E-state index contributed by atoms with van der Waals surface area (Å²) in [5.74, 6) is 1.22. The molecular formula is C13H16N6. The van der Waals surface area contributed by atoms with Crippen molar-refractivity contribution in [2.24, 2.45) is 0 Å². The Morgan fingerprint density at radius 1 is 1.26 bits per heavy atom. The molecule has 0 spiro atoms. The number of anilines is 2. The highest BCUT2D eigenvalue weighted by molar-refractivity contribution is 5.45. The van der Waals surface area contributed by atoms with Crippen molar-refractivity contribution >= 4 is 11.8 Å². The van der Waals surface area contributed by atoms with Crippen molar-refractivity contribution in [2.45, 2.75) is 18.9 Å². The minimum absolute atomic E-state index is 0.394. The molecule has 0 amide bonds. The molecule has 1 aliphatic rings. The smallest absolute Gasteiger partial charge is 0.228 e. The molecule has 0 saturated carbocycles. The molecule has 1 aliphatic heterocycles. The molecule has 0 radical (unpaired) electrons. The van der Waals surface area contributed by atoms with Crippen LogP contribution in [0.1, 0.15) is 24.6 Å². The molecule has 19 heavy (non-hydrogen) atoms. The maximum absolute atomic E-state index is 4.57. The molecule has 0 unspecified atom stereocenters. The standard InChI is InChI=1S/C13H16N6/c1-19-8-2-3-11(19)10-4-5-16-13(17-10)18-12-9-14-6-7-15-12/h4-7,9,11H,2-3,8H2,1H3,(H,15,16,17,18)/t11-/m0/s1. The zero-order chi connectivity index (χ0) is 13.1. The molecule has 6 heteroatoms. The Morgan fingerprint density at radius 3 is 2.95 bits per heavy atom. The van der Waals surface area contributed by atoms with Gasteiger partial charge in [0.25, 0.3) is 0 Å². The van der Waals surface area contributed by atoms with E-state index in [1.165, 1.54) is 6.42 Å². The molecule has 0 aromatic carbocycles. The van der Waals surface area contributed by atoms with Gasteiger partial charge in [-0.15, -0.1) is 0 Å². The van der Waals surface area contributed by atoms with Gasteiger partial charge in [-0.05, 0) is 32.5 Å². The minimum Gasteiger partial charge on any atom is -0.307 e. The van der Waals surface area contributed by atoms with Crippen LogP contribution in [-0.4, -0.2) is 38.4 Å². The number of aromatic nitrogens is 4. The van der Waals surface area contributed by atoms with Gasteiger partial charge in [-0.25, -0.2) is 15.0 Å². The molecule has 1 saturated heterocycles. The van der Waals surface area contributed by atoms with Gasteiger partial charge in [0.1, 0.15) is 0 Å². The first-order valence-electron chi connectivity index (χ1n) is 6.39. The highest BCUT2D eigenvalue weighted by Crippen LogP contribution is 2.29. The molecule has 1 fully saturated rings. The number of nitrogens with zero attached hydrogens (tertiary/aromatic N) is 5. The maximum Gasteiger partial charge on any atom is 0.228 e. The van der Waals surface area contributed by atoms with E-state index in [2.05, 4.69) is 37.2 Å². The number of rotatable bonds is 3. The summed E-state index contributed by atoms with van der Waals surface area (Å²) in [5, 5.41) is 3.07. The van der Waals surface area contributed by atoms with E-state index in [1.807, 2.05) is 6.07 Å². The lowest BCUT2D eigenvalue weighted by Crippen LogP contribution is -2.18. The van der Waals surface area contributed by atoms with Gasteiger partial charge in [-0.3, -0.25) is 9.88 Å². The van der Waals surface area contributed by atoms with Crippen molar-refractivity contribution in [1.82, 2.24) is 24.8 Å². The van der Waals surface area contributed by atoms with E-state index < -0.39 is 0 Å². The topological polar surface area (TPSA) is 66.8 Å². The first kappa shape index (κ1) is 12.0. The third-order valence-corrected chi connectivity index (χ3v) is 3.34. The van der Waals surface area contributed by atoms with Crippen LogP contribution in [0.25, 0.3) is 0 Å². The number of hydrogen-bond donors (Lipinski definition) is 1. The van der Waals surface area contributed by atoms with Gasteiger partial charge in [0, 0.05) is 18.6 Å². The first-order valence-corrected chi connectivity index (χ1v) is 6.39. The molecule has 98 valence electrons. The average molecular weight is 256 g/mol. The summed E-state index contributed by atoms with van der Waals surface area (Å²) in [5.41, 5.74) is 1.06. The fourth-order valence-electron chi connectivity index (χ4n) is 2.38. The summed E-state index contributed by atoms with van der Waals surface area (Å²) in [4.78, 5) is 19.3. The molecule has 0 bridgehead atoms. The molecule has 3 heterocycles. The summed E-state index contributed by atoms with van der Waals surface area (Å²) < 4.78 is 0. The number of nitrogens with one attached hydrogen (secondary N) is 1. The van der Waals surface area contributed by atoms with E-state index in [4.69, 9.17) is 0 Å². The van der Waals surface area contributed by atoms with E-state index >= 15 is 0 Å². The summed E-state index contributed by atoms with van der Waals surface area (Å²) in [6.45, 7) is 1.13. The quantitative estimate of drug-likeness (QED) is 0.903. The molecule has 2 aromatic rings. The maximum atomic E-state index is 4.57. The van der Waals surface area contributed by atoms with Gasteiger partial charge in [0.05, 0.1) is 17.9 Å². The second-order valence-corrected chi connectivity index (χ2v) is 4.66. The van der Waals surface area contributed by atoms with Crippen LogP contribution in [0.3, 0.4) is 0 Å². The lowest BCUT2D eigenvalue weighted by molar-refractivity contribution is 0.312. The molecule has 1 atom stereocenters. The molecule has 0 aliphatic carbocycles. The Labute approximate surface area is 111 Å². The Hall–Kier alpha value is -2.08. The number of likely N-dealkylation sites (tertiary alicyclic amines) is 1. The van der Waals surface area contributed by atoms with Crippen LogP contribution in [-0.2, 0) is 0 Å². The van der Waals surface area contributed by atoms with E-state index in [9.17, 15) is 0 Å². The van der Waals surface area contributed by atoms with Gasteiger partial charge < -0.3 is 5.32 Å². The van der Waals surface area contributed by atoms with Crippen LogP contribution in [0.5, 0.6) is 0 Å². The van der Waals surface area contributed by atoms with Gasteiger partial charge >= 0.3 is 0 Å². The molecule has 3 rings (SSSR count). The monoisotopic (exact) mass is 256 g/mol. The van der Waals surface area contributed by atoms with Crippen molar-refractivity contribution in [1.29, 1.82) is 0 Å². The van der Waals surface area contributed by atoms with Crippen molar-refractivity contribution in [3.63, 3.8) is 0 Å². The van der Waals surface area contributed by atoms with Crippen molar-refractivity contribution < 1.29 is 0 Å². The van der Waals surface area contributed by atoms with E-state index in [1.54, 1.807) is 24.8 Å². The lowest BCUT2D eigenvalue weighted by Gasteiger charge is -2.18. The third kappa shape index (κ3) is 2.68. The SMILES string of the molecule is CN1CCC[C@H]1c1ccnc(Nc2cnccn2)n1. The van der Waals surface area contributed by atoms with Crippen LogP contribution in [0.15, 0.2) is 30.9 Å². The van der Waals surface area contributed by atoms with E-state index in [0.717, 1.165) is 18.7 Å². The molecular weight excluding hydrogens is 240 g/mol. The average Bonchev–Trinajstić information content (AvgIpc) is 2.86. The summed E-state index contributed by atoms with van der Waals surface area (Å²) in [7, 11) is 2.13. The Kier molecular flexibility index (Phi) is 3.33. The first-order chi connectivity index (χ1) is 9.33. The second kappa shape index (κ2) is 5.27. The van der Waals surface area contributed by atoms with Crippen molar-refractivity contribution in [2.75, 3.05) is 18.9 Å². The van der Waals surface area contributed by atoms with Gasteiger partial charge in [-0.2, -0.15) is 0 Å². The van der Waals surface area contributed by atoms with E-state index in [-0.39, 0.29) is 0 Å². The zero-order valence-electron chi connectivity index (χ0n) is 10.8. The molecule has 1 N–H and O–H groups in total.